The molecule has 0 bridgehead atoms. The number of anilines is 1. The molecule has 0 aliphatic heterocycles. The summed E-state index contributed by atoms with van der Waals surface area (Å²) in [6.45, 7) is 1.98. The van der Waals surface area contributed by atoms with E-state index >= 15 is 0 Å². The number of ether oxygens (including phenoxy) is 2. The van der Waals surface area contributed by atoms with Crippen molar-refractivity contribution in [3.63, 3.8) is 0 Å². The first-order valence-corrected chi connectivity index (χ1v) is 9.33. The van der Waals surface area contributed by atoms with Gasteiger partial charge in [-0.1, -0.05) is 0 Å². The standard InChI is InChI=1S/C19H18N2O5S/c1-2-24-19(23)26-13-5-7-14-15(11-20)18(27-16(14)10-13)21-17(22)8-6-12-4-3-9-25-12/h3-4,6,8-9,13H,2,5,7,10H2,1H3,(H,21,22)/b8-6+. The highest BCUT2D eigenvalue weighted by molar-refractivity contribution is 7.16. The minimum absolute atomic E-state index is 0.260. The minimum Gasteiger partial charge on any atom is -0.465 e. The molecule has 0 spiro atoms. The molecule has 1 amide bonds. The van der Waals surface area contributed by atoms with Crippen molar-refractivity contribution in [3.8, 4) is 6.07 Å². The first-order valence-electron chi connectivity index (χ1n) is 8.51. The number of carbonyl (C=O) groups excluding carboxylic acids is 2. The van der Waals surface area contributed by atoms with E-state index in [1.165, 1.54) is 23.7 Å². The van der Waals surface area contributed by atoms with Crippen molar-refractivity contribution < 1.29 is 23.5 Å². The number of thiophene rings is 1. The molecule has 2 aromatic rings. The molecule has 0 fully saturated rings. The van der Waals surface area contributed by atoms with Gasteiger partial charge in [0.2, 0.25) is 5.91 Å². The van der Waals surface area contributed by atoms with Gasteiger partial charge >= 0.3 is 6.16 Å². The van der Waals surface area contributed by atoms with Crippen LogP contribution in [0.2, 0.25) is 0 Å². The number of carbonyl (C=O) groups is 2. The fourth-order valence-corrected chi connectivity index (χ4v) is 4.11. The molecule has 3 rings (SSSR count). The van der Waals surface area contributed by atoms with Crippen LogP contribution in [0.3, 0.4) is 0 Å². The monoisotopic (exact) mass is 386 g/mol. The van der Waals surface area contributed by atoms with Crippen molar-refractivity contribution in [1.29, 1.82) is 5.26 Å². The van der Waals surface area contributed by atoms with E-state index in [1.54, 1.807) is 25.1 Å². The largest absolute Gasteiger partial charge is 0.508 e. The lowest BCUT2D eigenvalue weighted by atomic mass is 9.94. The Morgan fingerprint density at radius 1 is 1.52 bits per heavy atom. The van der Waals surface area contributed by atoms with Gasteiger partial charge in [0.05, 0.1) is 18.4 Å². The van der Waals surface area contributed by atoms with E-state index in [0.29, 0.717) is 35.6 Å². The Kier molecular flexibility index (Phi) is 5.94. The van der Waals surface area contributed by atoms with Crippen molar-refractivity contribution in [1.82, 2.24) is 0 Å². The Morgan fingerprint density at radius 3 is 3.07 bits per heavy atom. The molecule has 2 aromatic heterocycles. The van der Waals surface area contributed by atoms with Gasteiger partial charge in [-0.25, -0.2) is 4.79 Å². The summed E-state index contributed by atoms with van der Waals surface area (Å²) < 4.78 is 15.2. The normalized spacial score (nSPS) is 15.8. The summed E-state index contributed by atoms with van der Waals surface area (Å²) in [4.78, 5) is 24.6. The molecule has 7 nitrogen and oxygen atoms in total. The Morgan fingerprint density at radius 2 is 2.37 bits per heavy atom. The van der Waals surface area contributed by atoms with Crippen molar-refractivity contribution in [2.45, 2.75) is 32.3 Å². The maximum absolute atomic E-state index is 12.1. The molecule has 1 atom stereocenters. The van der Waals surface area contributed by atoms with E-state index in [1.807, 2.05) is 0 Å². The predicted octanol–water partition coefficient (Wildman–Crippen LogP) is 3.90. The third-order valence-corrected chi connectivity index (χ3v) is 5.21. The van der Waals surface area contributed by atoms with Crippen LogP contribution in [0.25, 0.3) is 6.08 Å². The lowest BCUT2D eigenvalue weighted by molar-refractivity contribution is -0.111. The first-order chi connectivity index (χ1) is 13.1. The van der Waals surface area contributed by atoms with Gasteiger partial charge in [-0.3, -0.25) is 4.79 Å². The summed E-state index contributed by atoms with van der Waals surface area (Å²) >= 11 is 1.34. The van der Waals surface area contributed by atoms with Gasteiger partial charge in [-0.2, -0.15) is 5.26 Å². The van der Waals surface area contributed by atoms with Gasteiger partial charge in [0.15, 0.2) is 0 Å². The summed E-state index contributed by atoms with van der Waals surface area (Å²) in [5.74, 6) is 0.218. The number of hydrogen-bond donors (Lipinski definition) is 1. The average Bonchev–Trinajstić information content (AvgIpc) is 3.26. The predicted molar refractivity (Wildman–Crippen MR) is 99.3 cm³/mol. The van der Waals surface area contributed by atoms with Crippen LogP contribution in [0, 0.1) is 11.3 Å². The number of hydrogen-bond acceptors (Lipinski definition) is 7. The molecular weight excluding hydrogens is 368 g/mol. The van der Waals surface area contributed by atoms with Gasteiger partial charge < -0.3 is 19.2 Å². The second kappa shape index (κ2) is 8.56. The number of rotatable bonds is 5. The molecule has 1 N–H and O–H groups in total. The van der Waals surface area contributed by atoms with Crippen LogP contribution in [0.1, 0.15) is 35.1 Å². The average molecular weight is 386 g/mol. The van der Waals surface area contributed by atoms with E-state index in [-0.39, 0.29) is 18.6 Å². The topological polar surface area (TPSA) is 102 Å². The van der Waals surface area contributed by atoms with Gasteiger partial charge in [-0.05, 0) is 43.5 Å². The SMILES string of the molecule is CCOC(=O)OC1CCc2c(sc(NC(=O)/C=C/c3ccco3)c2C#N)C1. The van der Waals surface area contributed by atoms with Crippen LogP contribution in [0.15, 0.2) is 28.9 Å². The molecule has 0 saturated heterocycles. The molecule has 140 valence electrons. The smallest absolute Gasteiger partial charge is 0.465 e. The van der Waals surface area contributed by atoms with E-state index in [2.05, 4.69) is 11.4 Å². The Bertz CT molecular complexity index is 892. The van der Waals surface area contributed by atoms with Crippen LogP contribution >= 0.6 is 11.3 Å². The fourth-order valence-electron chi connectivity index (χ4n) is 2.85. The number of fused-ring (bicyclic) bond motifs is 1. The molecule has 8 heteroatoms. The fraction of sp³-hybridized carbons (Fsp3) is 0.316. The third kappa shape index (κ3) is 4.57. The van der Waals surface area contributed by atoms with Gasteiger partial charge in [0.1, 0.15) is 22.9 Å². The summed E-state index contributed by atoms with van der Waals surface area (Å²) in [5, 5.41) is 12.8. The second-order valence-electron chi connectivity index (χ2n) is 5.82. The molecule has 0 saturated carbocycles. The third-order valence-electron chi connectivity index (χ3n) is 4.04. The molecular formula is C19H18N2O5S. The van der Waals surface area contributed by atoms with Crippen LogP contribution in [-0.4, -0.2) is 24.8 Å². The number of nitriles is 1. The Hall–Kier alpha value is -3.05. The van der Waals surface area contributed by atoms with Crippen LogP contribution in [0.5, 0.6) is 0 Å². The quantitative estimate of drug-likeness (QED) is 0.618. The molecule has 1 unspecified atom stereocenters. The van der Waals surface area contributed by atoms with E-state index in [9.17, 15) is 14.9 Å². The zero-order valence-electron chi connectivity index (χ0n) is 14.7. The van der Waals surface area contributed by atoms with Gasteiger partial charge in [0, 0.05) is 17.4 Å². The summed E-state index contributed by atoms with van der Waals surface area (Å²) in [7, 11) is 0. The van der Waals surface area contributed by atoms with Crippen molar-refractivity contribution in [2.24, 2.45) is 0 Å². The number of nitrogens with zero attached hydrogens (tertiary/aromatic N) is 1. The molecule has 0 radical (unpaired) electrons. The highest BCUT2D eigenvalue weighted by Gasteiger charge is 2.28. The first kappa shape index (κ1) is 18.7. The molecule has 27 heavy (non-hydrogen) atoms. The van der Waals surface area contributed by atoms with Crippen LogP contribution < -0.4 is 5.32 Å². The molecule has 1 aliphatic carbocycles. The minimum atomic E-state index is -0.681. The van der Waals surface area contributed by atoms with Crippen molar-refractivity contribution in [2.75, 3.05) is 11.9 Å². The molecule has 1 aliphatic rings. The van der Waals surface area contributed by atoms with Crippen molar-refractivity contribution >= 4 is 34.5 Å². The Balaban J connectivity index is 1.69. The van der Waals surface area contributed by atoms with Crippen molar-refractivity contribution in [3.05, 3.63) is 46.2 Å². The zero-order chi connectivity index (χ0) is 19.2. The van der Waals surface area contributed by atoms with E-state index in [0.717, 1.165) is 10.4 Å². The number of nitrogens with one attached hydrogen (secondary N) is 1. The molecule has 0 aromatic carbocycles. The van der Waals surface area contributed by atoms with E-state index in [4.69, 9.17) is 13.9 Å². The number of furan rings is 1. The highest BCUT2D eigenvalue weighted by atomic mass is 32.1. The Labute approximate surface area is 160 Å². The van der Waals surface area contributed by atoms with E-state index < -0.39 is 6.16 Å². The number of amides is 1. The molecule has 2 heterocycles. The maximum Gasteiger partial charge on any atom is 0.508 e. The lowest BCUT2D eigenvalue weighted by Crippen LogP contribution is -2.25. The summed E-state index contributed by atoms with van der Waals surface area (Å²) in [5.41, 5.74) is 1.39. The second-order valence-corrected chi connectivity index (χ2v) is 6.93. The zero-order valence-corrected chi connectivity index (χ0v) is 15.5. The highest BCUT2D eigenvalue weighted by Crippen LogP contribution is 2.38. The van der Waals surface area contributed by atoms with Gasteiger partial charge in [0.25, 0.3) is 0 Å². The van der Waals surface area contributed by atoms with Crippen LogP contribution in [-0.2, 0) is 27.1 Å². The summed E-state index contributed by atoms with van der Waals surface area (Å²) in [6.07, 6.45) is 5.19. The van der Waals surface area contributed by atoms with Crippen LogP contribution in [0.4, 0.5) is 9.80 Å². The summed E-state index contributed by atoms with van der Waals surface area (Å²) in [6, 6.07) is 5.64. The lowest BCUT2D eigenvalue weighted by Gasteiger charge is -2.21. The maximum atomic E-state index is 12.1. The van der Waals surface area contributed by atoms with Gasteiger partial charge in [-0.15, -0.1) is 11.3 Å².